The van der Waals surface area contributed by atoms with Crippen LogP contribution in [0.3, 0.4) is 0 Å². The summed E-state index contributed by atoms with van der Waals surface area (Å²) in [6.45, 7) is 5.70. The maximum Gasteiger partial charge on any atom is 0.318 e. The fraction of sp³-hybridized carbons (Fsp3) is 0.345. The summed E-state index contributed by atoms with van der Waals surface area (Å²) in [5, 5.41) is 6.03. The number of rotatable bonds is 5. The van der Waals surface area contributed by atoms with Crippen molar-refractivity contribution in [2.24, 2.45) is 5.92 Å². The molecule has 36 heavy (non-hydrogen) atoms. The van der Waals surface area contributed by atoms with Crippen molar-refractivity contribution < 1.29 is 9.59 Å². The largest absolute Gasteiger partial charge is 0.326 e. The summed E-state index contributed by atoms with van der Waals surface area (Å²) in [7, 11) is 0. The Morgan fingerprint density at radius 1 is 0.972 bits per heavy atom. The topological polar surface area (TPSA) is 83.4 Å². The van der Waals surface area contributed by atoms with Crippen molar-refractivity contribution in [3.05, 3.63) is 99.5 Å². The van der Waals surface area contributed by atoms with Gasteiger partial charge in [0.2, 0.25) is 5.91 Å². The average molecular weight is 485 g/mol. The van der Waals surface area contributed by atoms with Gasteiger partial charge in [0.25, 0.3) is 5.56 Å². The lowest BCUT2D eigenvalue weighted by Gasteiger charge is -2.43. The van der Waals surface area contributed by atoms with Crippen molar-refractivity contribution >= 4 is 17.6 Å². The van der Waals surface area contributed by atoms with Gasteiger partial charge in [0.15, 0.2) is 0 Å². The highest BCUT2D eigenvalue weighted by Crippen LogP contribution is 2.35. The molecule has 2 aromatic carbocycles. The van der Waals surface area contributed by atoms with Gasteiger partial charge in [0.05, 0.1) is 0 Å². The molecule has 2 N–H and O–H groups in total. The number of carbonyl (C=O) groups is 2. The van der Waals surface area contributed by atoms with E-state index >= 15 is 0 Å². The number of amides is 3. The van der Waals surface area contributed by atoms with Gasteiger partial charge in [-0.25, -0.2) is 4.79 Å². The van der Waals surface area contributed by atoms with Crippen molar-refractivity contribution in [1.29, 1.82) is 0 Å². The van der Waals surface area contributed by atoms with Crippen LogP contribution < -0.4 is 16.2 Å². The summed E-state index contributed by atoms with van der Waals surface area (Å²) in [6.07, 6.45) is 1.36. The molecule has 1 fully saturated rings. The molecule has 186 valence electrons. The Bertz CT molecular complexity index is 1330. The Morgan fingerprint density at radius 2 is 1.78 bits per heavy atom. The number of aryl methyl sites for hydroxylation is 2. The van der Waals surface area contributed by atoms with E-state index in [1.807, 2.05) is 77.9 Å². The van der Waals surface area contributed by atoms with Crippen LogP contribution in [0.2, 0.25) is 0 Å². The van der Waals surface area contributed by atoms with Crippen LogP contribution in [0.1, 0.15) is 34.7 Å². The second-order valence-corrected chi connectivity index (χ2v) is 10.1. The molecule has 3 aromatic rings. The number of nitrogens with zero attached hydrogens (tertiary/aromatic N) is 2. The first-order valence-corrected chi connectivity index (χ1v) is 12.5. The number of anilines is 1. The highest BCUT2D eigenvalue weighted by atomic mass is 16.2. The third kappa shape index (κ3) is 5.05. The van der Waals surface area contributed by atoms with Crippen LogP contribution in [0.25, 0.3) is 0 Å². The predicted molar refractivity (Wildman–Crippen MR) is 140 cm³/mol. The number of nitrogens with one attached hydrogen (secondary N) is 2. The molecule has 7 heteroatoms. The number of piperidine rings is 1. The normalized spacial score (nSPS) is 19.2. The fourth-order valence-electron chi connectivity index (χ4n) is 5.54. The third-order valence-corrected chi connectivity index (χ3v) is 7.30. The van der Waals surface area contributed by atoms with Crippen molar-refractivity contribution in [1.82, 2.24) is 14.8 Å². The van der Waals surface area contributed by atoms with Gasteiger partial charge in [0.1, 0.15) is 6.04 Å². The first kappa shape index (κ1) is 23.9. The summed E-state index contributed by atoms with van der Waals surface area (Å²) in [5.41, 5.74) is 4.83. The van der Waals surface area contributed by atoms with E-state index in [-0.39, 0.29) is 29.3 Å². The summed E-state index contributed by atoms with van der Waals surface area (Å²) in [6, 6.07) is 20.0. The lowest BCUT2D eigenvalue weighted by molar-refractivity contribution is -0.118. The molecule has 2 aliphatic rings. The molecule has 1 aromatic heterocycles. The number of benzene rings is 2. The Balaban J connectivity index is 1.33. The molecule has 3 heterocycles. The van der Waals surface area contributed by atoms with Crippen LogP contribution in [0, 0.1) is 19.8 Å². The van der Waals surface area contributed by atoms with Crippen molar-refractivity contribution in [3.8, 4) is 0 Å². The van der Waals surface area contributed by atoms with E-state index in [2.05, 4.69) is 10.6 Å². The van der Waals surface area contributed by atoms with E-state index < -0.39 is 6.04 Å². The Labute approximate surface area is 211 Å². The van der Waals surface area contributed by atoms with Crippen LogP contribution in [-0.2, 0) is 17.8 Å². The molecule has 3 unspecified atom stereocenters. The molecular formula is C29H32N4O3. The predicted octanol–water partition coefficient (Wildman–Crippen LogP) is 3.84. The number of pyridine rings is 1. The lowest BCUT2D eigenvalue weighted by atomic mass is 9.83. The number of hydrogen-bond donors (Lipinski definition) is 2. The van der Waals surface area contributed by atoms with Gasteiger partial charge < -0.3 is 20.1 Å². The molecular weight excluding hydrogens is 452 g/mol. The molecule has 0 aliphatic carbocycles. The molecule has 7 nitrogen and oxygen atoms in total. The summed E-state index contributed by atoms with van der Waals surface area (Å²) >= 11 is 0. The molecule has 3 atom stereocenters. The number of carbonyl (C=O) groups excluding carboxylic acids is 2. The molecule has 3 amide bonds. The average Bonchev–Trinajstić information content (AvgIpc) is 2.86. The summed E-state index contributed by atoms with van der Waals surface area (Å²) < 4.78 is 1.85. The van der Waals surface area contributed by atoms with Gasteiger partial charge >= 0.3 is 6.03 Å². The lowest BCUT2D eigenvalue weighted by Crippen LogP contribution is -2.55. The Kier molecular flexibility index (Phi) is 6.63. The molecule has 2 bridgehead atoms. The minimum Gasteiger partial charge on any atom is -0.326 e. The zero-order valence-electron chi connectivity index (χ0n) is 20.7. The minimum absolute atomic E-state index is 0.0195. The third-order valence-electron chi connectivity index (χ3n) is 7.30. The van der Waals surface area contributed by atoms with E-state index in [1.165, 1.54) is 0 Å². The molecule has 5 rings (SSSR count). The van der Waals surface area contributed by atoms with E-state index in [0.717, 1.165) is 34.5 Å². The van der Waals surface area contributed by atoms with Crippen LogP contribution in [0.5, 0.6) is 0 Å². The van der Waals surface area contributed by atoms with E-state index in [0.29, 0.717) is 26.1 Å². The first-order chi connectivity index (χ1) is 17.4. The zero-order chi connectivity index (χ0) is 25.2. The SMILES string of the molecule is Cc1ccc(NC(=O)C(Cc2ccccc2)NC(=O)N2CC3CC(C2)c2cccc(=O)n2C3)c(C)c1. The number of urea groups is 1. The zero-order valence-corrected chi connectivity index (χ0v) is 20.7. The van der Waals surface area contributed by atoms with Crippen molar-refractivity contribution in [2.45, 2.75) is 45.2 Å². The molecule has 2 aliphatic heterocycles. The number of fused-ring (bicyclic) bond motifs is 4. The highest BCUT2D eigenvalue weighted by Gasteiger charge is 2.37. The second kappa shape index (κ2) is 10.0. The van der Waals surface area contributed by atoms with Crippen molar-refractivity contribution in [2.75, 3.05) is 18.4 Å². The van der Waals surface area contributed by atoms with Gasteiger partial charge in [-0.1, -0.05) is 54.1 Å². The maximum absolute atomic E-state index is 13.4. The number of aromatic nitrogens is 1. The van der Waals surface area contributed by atoms with Crippen molar-refractivity contribution in [3.63, 3.8) is 0 Å². The van der Waals surface area contributed by atoms with Crippen LogP contribution in [0.4, 0.5) is 10.5 Å². The molecule has 0 spiro atoms. The molecule has 0 radical (unpaired) electrons. The van der Waals surface area contributed by atoms with E-state index in [1.54, 1.807) is 12.1 Å². The maximum atomic E-state index is 13.4. The van der Waals surface area contributed by atoms with Crippen LogP contribution >= 0.6 is 0 Å². The van der Waals surface area contributed by atoms with Crippen LogP contribution in [-0.4, -0.2) is 40.5 Å². The second-order valence-electron chi connectivity index (χ2n) is 10.1. The first-order valence-electron chi connectivity index (χ1n) is 12.5. The monoisotopic (exact) mass is 484 g/mol. The fourth-order valence-corrected chi connectivity index (χ4v) is 5.54. The van der Waals surface area contributed by atoms with E-state index in [4.69, 9.17) is 0 Å². The summed E-state index contributed by atoms with van der Waals surface area (Å²) in [4.78, 5) is 41.0. The molecule has 0 saturated carbocycles. The highest BCUT2D eigenvalue weighted by molar-refractivity contribution is 5.97. The standard InChI is InChI=1S/C29H32N4O3/c1-19-11-12-24(20(2)13-19)30-28(35)25(15-21-7-4-3-5-8-21)31-29(36)32-16-22-14-23(18-32)26-9-6-10-27(34)33(26)17-22/h3-13,22-23,25H,14-18H2,1-2H3,(H,30,35)(H,31,36). The smallest absolute Gasteiger partial charge is 0.318 e. The summed E-state index contributed by atoms with van der Waals surface area (Å²) in [5.74, 6) is 0.0979. The van der Waals surface area contributed by atoms with Gasteiger partial charge in [-0.15, -0.1) is 0 Å². The Morgan fingerprint density at radius 3 is 2.56 bits per heavy atom. The molecule has 1 saturated heterocycles. The van der Waals surface area contributed by atoms with Gasteiger partial charge in [0, 0.05) is 49.4 Å². The van der Waals surface area contributed by atoms with Gasteiger partial charge in [-0.2, -0.15) is 0 Å². The van der Waals surface area contributed by atoms with E-state index in [9.17, 15) is 14.4 Å². The van der Waals surface area contributed by atoms with Gasteiger partial charge in [-0.3, -0.25) is 9.59 Å². The number of hydrogen-bond acceptors (Lipinski definition) is 3. The Hall–Kier alpha value is -3.87. The number of likely N-dealkylation sites (tertiary alicyclic amines) is 1. The van der Waals surface area contributed by atoms with Crippen LogP contribution in [0.15, 0.2) is 71.5 Å². The quantitative estimate of drug-likeness (QED) is 0.577. The minimum atomic E-state index is -0.725. The van der Waals surface area contributed by atoms with Gasteiger partial charge in [-0.05, 0) is 49.4 Å².